The summed E-state index contributed by atoms with van der Waals surface area (Å²) in [6.07, 6.45) is 2.87. The lowest BCUT2D eigenvalue weighted by molar-refractivity contribution is -0.136. The number of thioether (sulfide) groups is 1. The summed E-state index contributed by atoms with van der Waals surface area (Å²) in [6, 6.07) is 0. The predicted octanol–water partition coefficient (Wildman–Crippen LogP) is 1.11. The van der Waals surface area contributed by atoms with E-state index in [2.05, 4.69) is 5.32 Å². The van der Waals surface area contributed by atoms with Crippen LogP contribution in [0.4, 0.5) is 0 Å². The Hall–Kier alpha value is -0.710. The predicted molar refractivity (Wildman–Crippen MR) is 59.9 cm³/mol. The number of carbonyl (C=O) groups is 2. The lowest BCUT2D eigenvalue weighted by Crippen LogP contribution is -2.29. The lowest BCUT2D eigenvalue weighted by Gasteiger charge is -2.20. The Morgan fingerprint density at radius 3 is 2.87 bits per heavy atom. The fourth-order valence-electron chi connectivity index (χ4n) is 1.61. The molecule has 0 saturated carbocycles. The molecule has 1 amide bonds. The van der Waals surface area contributed by atoms with Gasteiger partial charge in [-0.1, -0.05) is 0 Å². The summed E-state index contributed by atoms with van der Waals surface area (Å²) in [5, 5.41) is 11.0. The molecule has 1 atom stereocenters. The second kappa shape index (κ2) is 6.71. The van der Waals surface area contributed by atoms with Gasteiger partial charge in [0.15, 0.2) is 0 Å². The van der Waals surface area contributed by atoms with Crippen molar-refractivity contribution in [2.45, 2.75) is 25.7 Å². The molecule has 1 aliphatic rings. The SMILES string of the molecule is O=C(O)CCNC(=O)CC1CCCSC1. The minimum Gasteiger partial charge on any atom is -0.481 e. The normalized spacial score (nSPS) is 20.9. The van der Waals surface area contributed by atoms with E-state index in [0.29, 0.717) is 12.3 Å². The van der Waals surface area contributed by atoms with Crippen LogP contribution in [0.5, 0.6) is 0 Å². The standard InChI is InChI=1S/C10H17NO3S/c12-9(11-4-3-10(13)14)6-8-2-1-5-15-7-8/h8H,1-7H2,(H,11,12)(H,13,14). The van der Waals surface area contributed by atoms with Gasteiger partial charge in [-0.3, -0.25) is 9.59 Å². The quantitative estimate of drug-likeness (QED) is 0.744. The Morgan fingerprint density at radius 2 is 2.27 bits per heavy atom. The zero-order valence-electron chi connectivity index (χ0n) is 8.70. The highest BCUT2D eigenvalue weighted by Crippen LogP contribution is 2.24. The van der Waals surface area contributed by atoms with Crippen LogP contribution in [0, 0.1) is 5.92 Å². The van der Waals surface area contributed by atoms with Crippen molar-refractivity contribution >= 4 is 23.6 Å². The summed E-state index contributed by atoms with van der Waals surface area (Å²) in [5.41, 5.74) is 0. The maximum atomic E-state index is 11.4. The number of carboxylic acid groups (broad SMARTS) is 1. The van der Waals surface area contributed by atoms with Crippen molar-refractivity contribution in [3.8, 4) is 0 Å². The van der Waals surface area contributed by atoms with Gasteiger partial charge >= 0.3 is 5.97 Å². The molecule has 0 radical (unpaired) electrons. The monoisotopic (exact) mass is 231 g/mol. The highest BCUT2D eigenvalue weighted by Gasteiger charge is 2.17. The van der Waals surface area contributed by atoms with Gasteiger partial charge < -0.3 is 10.4 Å². The number of carbonyl (C=O) groups excluding carboxylic acids is 1. The Bertz CT molecular complexity index is 227. The van der Waals surface area contributed by atoms with Gasteiger partial charge in [0.1, 0.15) is 0 Å². The highest BCUT2D eigenvalue weighted by atomic mass is 32.2. The van der Waals surface area contributed by atoms with Crippen molar-refractivity contribution in [3.63, 3.8) is 0 Å². The van der Waals surface area contributed by atoms with Gasteiger partial charge in [-0.25, -0.2) is 0 Å². The number of hydrogen-bond acceptors (Lipinski definition) is 3. The molecular formula is C10H17NO3S. The summed E-state index contributed by atoms with van der Waals surface area (Å²) in [5.74, 6) is 1.87. The third kappa shape index (κ3) is 5.67. The topological polar surface area (TPSA) is 66.4 Å². The van der Waals surface area contributed by atoms with E-state index in [0.717, 1.165) is 12.2 Å². The molecule has 1 fully saturated rings. The van der Waals surface area contributed by atoms with E-state index in [1.807, 2.05) is 11.8 Å². The van der Waals surface area contributed by atoms with Crippen LogP contribution in [0.3, 0.4) is 0 Å². The molecule has 1 saturated heterocycles. The van der Waals surface area contributed by atoms with Gasteiger partial charge in [0, 0.05) is 13.0 Å². The molecule has 86 valence electrons. The fraction of sp³-hybridized carbons (Fsp3) is 0.800. The number of amides is 1. The number of nitrogens with one attached hydrogen (secondary N) is 1. The van der Waals surface area contributed by atoms with Crippen LogP contribution >= 0.6 is 11.8 Å². The van der Waals surface area contributed by atoms with Crippen LogP contribution in [-0.2, 0) is 9.59 Å². The molecule has 4 nitrogen and oxygen atoms in total. The van der Waals surface area contributed by atoms with E-state index in [-0.39, 0.29) is 18.9 Å². The van der Waals surface area contributed by atoms with E-state index < -0.39 is 5.97 Å². The zero-order valence-corrected chi connectivity index (χ0v) is 9.52. The Balaban J connectivity index is 2.09. The van der Waals surface area contributed by atoms with Crippen LogP contribution in [0.2, 0.25) is 0 Å². The first-order valence-electron chi connectivity index (χ1n) is 5.24. The van der Waals surface area contributed by atoms with Gasteiger partial charge in [0.2, 0.25) is 5.91 Å². The molecule has 15 heavy (non-hydrogen) atoms. The first-order valence-corrected chi connectivity index (χ1v) is 6.40. The molecule has 2 N–H and O–H groups in total. The minimum absolute atomic E-state index is 0.00512. The van der Waals surface area contributed by atoms with Crippen molar-refractivity contribution in [2.75, 3.05) is 18.1 Å². The Morgan fingerprint density at radius 1 is 1.47 bits per heavy atom. The van der Waals surface area contributed by atoms with Crippen LogP contribution in [0.1, 0.15) is 25.7 Å². The summed E-state index contributed by atoms with van der Waals surface area (Å²) < 4.78 is 0. The van der Waals surface area contributed by atoms with Crippen molar-refractivity contribution in [1.29, 1.82) is 0 Å². The van der Waals surface area contributed by atoms with Crippen LogP contribution in [0.25, 0.3) is 0 Å². The molecule has 0 aromatic heterocycles. The van der Waals surface area contributed by atoms with Gasteiger partial charge in [0.25, 0.3) is 0 Å². The molecule has 1 rings (SSSR count). The van der Waals surface area contributed by atoms with Crippen molar-refractivity contribution in [1.82, 2.24) is 5.32 Å². The molecule has 0 aliphatic carbocycles. The summed E-state index contributed by atoms with van der Waals surface area (Å²) in [4.78, 5) is 21.6. The van der Waals surface area contributed by atoms with Gasteiger partial charge in [0.05, 0.1) is 6.42 Å². The number of aliphatic carboxylic acids is 1. The second-order valence-electron chi connectivity index (χ2n) is 3.78. The van der Waals surface area contributed by atoms with Gasteiger partial charge in [-0.05, 0) is 30.3 Å². The molecule has 1 aliphatic heterocycles. The molecule has 5 heteroatoms. The summed E-state index contributed by atoms with van der Waals surface area (Å²) >= 11 is 1.90. The first kappa shape index (κ1) is 12.4. The van der Waals surface area contributed by atoms with E-state index in [1.54, 1.807) is 0 Å². The maximum absolute atomic E-state index is 11.4. The molecule has 1 heterocycles. The number of hydrogen-bond donors (Lipinski definition) is 2. The minimum atomic E-state index is -0.872. The molecule has 0 spiro atoms. The number of rotatable bonds is 5. The third-order valence-corrected chi connectivity index (χ3v) is 3.67. The van der Waals surface area contributed by atoms with Gasteiger partial charge in [-0.2, -0.15) is 11.8 Å². The molecule has 0 bridgehead atoms. The van der Waals surface area contributed by atoms with Crippen LogP contribution < -0.4 is 5.32 Å². The highest BCUT2D eigenvalue weighted by molar-refractivity contribution is 7.99. The maximum Gasteiger partial charge on any atom is 0.305 e. The summed E-state index contributed by atoms with van der Waals surface area (Å²) in [7, 11) is 0. The lowest BCUT2D eigenvalue weighted by atomic mass is 10.0. The average Bonchev–Trinajstić information content (AvgIpc) is 2.18. The Kier molecular flexibility index (Phi) is 5.53. The summed E-state index contributed by atoms with van der Waals surface area (Å²) in [6.45, 7) is 0.244. The average molecular weight is 231 g/mol. The van der Waals surface area contributed by atoms with E-state index in [1.165, 1.54) is 12.2 Å². The fourth-order valence-corrected chi connectivity index (χ4v) is 2.77. The number of carboxylic acids is 1. The zero-order chi connectivity index (χ0) is 11.1. The van der Waals surface area contributed by atoms with Crippen molar-refractivity contribution in [3.05, 3.63) is 0 Å². The largest absolute Gasteiger partial charge is 0.481 e. The smallest absolute Gasteiger partial charge is 0.305 e. The second-order valence-corrected chi connectivity index (χ2v) is 4.93. The van der Waals surface area contributed by atoms with Gasteiger partial charge in [-0.15, -0.1) is 0 Å². The third-order valence-electron chi connectivity index (χ3n) is 2.39. The van der Waals surface area contributed by atoms with Crippen LogP contribution in [-0.4, -0.2) is 35.0 Å². The van der Waals surface area contributed by atoms with E-state index in [9.17, 15) is 9.59 Å². The Labute approximate surface area is 93.8 Å². The molecule has 0 aromatic carbocycles. The molecular weight excluding hydrogens is 214 g/mol. The molecule has 0 aromatic rings. The van der Waals surface area contributed by atoms with Crippen molar-refractivity contribution in [2.24, 2.45) is 5.92 Å². The van der Waals surface area contributed by atoms with E-state index in [4.69, 9.17) is 5.11 Å². The van der Waals surface area contributed by atoms with E-state index >= 15 is 0 Å². The molecule has 1 unspecified atom stereocenters. The van der Waals surface area contributed by atoms with Crippen LogP contribution in [0.15, 0.2) is 0 Å². The van der Waals surface area contributed by atoms with Crippen molar-refractivity contribution < 1.29 is 14.7 Å². The first-order chi connectivity index (χ1) is 7.18.